The van der Waals surface area contributed by atoms with E-state index in [0.717, 1.165) is 13.1 Å². The van der Waals surface area contributed by atoms with Crippen molar-refractivity contribution in [3.05, 3.63) is 70.8 Å². The first kappa shape index (κ1) is 14.4. The Bertz CT molecular complexity index is 733. The first-order valence-electron chi connectivity index (χ1n) is 9.37. The van der Waals surface area contributed by atoms with Gasteiger partial charge in [-0.05, 0) is 55.3 Å². The van der Waals surface area contributed by atoms with E-state index < -0.39 is 0 Å². The molecule has 2 aliphatic carbocycles. The topological polar surface area (TPSA) is 15.6 Å². The Morgan fingerprint density at radius 2 is 1.42 bits per heavy atom. The van der Waals surface area contributed by atoms with Crippen LogP contribution < -0.4 is 0 Å². The molecule has 2 fully saturated rings. The molecule has 0 N–H and O–H groups in total. The van der Waals surface area contributed by atoms with Gasteiger partial charge in [0.05, 0.1) is 12.3 Å². The van der Waals surface area contributed by atoms with Crippen LogP contribution in [0.3, 0.4) is 0 Å². The van der Waals surface area contributed by atoms with Gasteiger partial charge in [-0.2, -0.15) is 0 Å². The third-order valence-electron chi connectivity index (χ3n) is 5.91. The number of rotatable bonds is 3. The first-order valence-corrected chi connectivity index (χ1v) is 9.37. The molecular formula is C22H24N2. The second-order valence-electron chi connectivity index (χ2n) is 7.40. The van der Waals surface area contributed by atoms with Gasteiger partial charge in [-0.3, -0.25) is 4.99 Å². The van der Waals surface area contributed by atoms with Crippen molar-refractivity contribution >= 4 is 5.71 Å². The van der Waals surface area contributed by atoms with Gasteiger partial charge in [0.1, 0.15) is 0 Å². The van der Waals surface area contributed by atoms with Crippen molar-refractivity contribution in [1.29, 1.82) is 0 Å². The highest BCUT2D eigenvalue weighted by atomic mass is 15.1. The van der Waals surface area contributed by atoms with E-state index in [1.165, 1.54) is 60.3 Å². The van der Waals surface area contributed by atoms with E-state index >= 15 is 0 Å². The van der Waals surface area contributed by atoms with Crippen LogP contribution in [0.4, 0.5) is 0 Å². The molecule has 0 radical (unpaired) electrons. The normalized spacial score (nSPS) is 24.8. The smallest absolute Gasteiger partial charge is 0.0725 e. The van der Waals surface area contributed by atoms with E-state index in [0.29, 0.717) is 11.8 Å². The highest BCUT2D eigenvalue weighted by Gasteiger charge is 2.44. The van der Waals surface area contributed by atoms with Crippen molar-refractivity contribution in [2.75, 3.05) is 26.2 Å². The molecular weight excluding hydrogens is 292 g/mol. The van der Waals surface area contributed by atoms with E-state index in [2.05, 4.69) is 53.4 Å². The first-order chi connectivity index (χ1) is 11.9. The fourth-order valence-electron chi connectivity index (χ4n) is 4.58. The van der Waals surface area contributed by atoms with Gasteiger partial charge in [-0.15, -0.1) is 0 Å². The fraction of sp³-hybridized carbons (Fsp3) is 0.409. The molecule has 1 aliphatic heterocycles. The molecule has 1 saturated heterocycles. The molecule has 2 aromatic carbocycles. The minimum atomic E-state index is 0.702. The lowest BCUT2D eigenvalue weighted by molar-refractivity contribution is 0.349. The maximum absolute atomic E-state index is 5.12. The third-order valence-corrected chi connectivity index (χ3v) is 5.91. The molecule has 2 aromatic rings. The van der Waals surface area contributed by atoms with Crippen LogP contribution in [0.1, 0.15) is 53.4 Å². The number of aliphatic imine (C=N–C) groups is 1. The zero-order valence-corrected chi connectivity index (χ0v) is 14.1. The van der Waals surface area contributed by atoms with E-state index in [9.17, 15) is 0 Å². The zero-order valence-electron chi connectivity index (χ0n) is 14.1. The van der Waals surface area contributed by atoms with Gasteiger partial charge in [0.25, 0.3) is 0 Å². The van der Waals surface area contributed by atoms with Crippen LogP contribution in [0.15, 0.2) is 53.5 Å². The van der Waals surface area contributed by atoms with Crippen molar-refractivity contribution in [1.82, 2.24) is 4.90 Å². The van der Waals surface area contributed by atoms with Crippen LogP contribution in [0, 0.1) is 0 Å². The van der Waals surface area contributed by atoms with Crippen molar-refractivity contribution in [3.8, 4) is 0 Å². The van der Waals surface area contributed by atoms with Gasteiger partial charge < -0.3 is 4.90 Å². The molecule has 5 rings (SSSR count). The maximum atomic E-state index is 5.12. The highest BCUT2D eigenvalue weighted by molar-refractivity contribution is 6.15. The van der Waals surface area contributed by atoms with Gasteiger partial charge >= 0.3 is 0 Å². The summed E-state index contributed by atoms with van der Waals surface area (Å²) in [5.41, 5.74) is 7.00. The van der Waals surface area contributed by atoms with Crippen molar-refractivity contribution in [2.45, 2.75) is 31.1 Å². The van der Waals surface area contributed by atoms with E-state index in [-0.39, 0.29) is 0 Å². The van der Waals surface area contributed by atoms with Gasteiger partial charge in [0.2, 0.25) is 0 Å². The van der Waals surface area contributed by atoms with Crippen molar-refractivity contribution in [3.63, 3.8) is 0 Å². The molecule has 2 unspecified atom stereocenters. The summed E-state index contributed by atoms with van der Waals surface area (Å²) >= 11 is 0. The number of likely N-dealkylation sites (tertiary alicyclic amines) is 1. The van der Waals surface area contributed by atoms with E-state index in [1.807, 2.05) is 0 Å². The molecule has 122 valence electrons. The average molecular weight is 316 g/mol. The number of hydrogen-bond acceptors (Lipinski definition) is 2. The minimum absolute atomic E-state index is 0.702. The molecule has 2 atom stereocenters. The monoisotopic (exact) mass is 316 g/mol. The van der Waals surface area contributed by atoms with Gasteiger partial charge in [-0.25, -0.2) is 0 Å². The second-order valence-corrected chi connectivity index (χ2v) is 7.40. The van der Waals surface area contributed by atoms with E-state index in [4.69, 9.17) is 4.99 Å². The Kier molecular flexibility index (Phi) is 3.52. The van der Waals surface area contributed by atoms with Crippen molar-refractivity contribution < 1.29 is 0 Å². The minimum Gasteiger partial charge on any atom is -0.301 e. The Labute approximate surface area is 144 Å². The molecule has 2 nitrogen and oxygen atoms in total. The molecule has 1 saturated carbocycles. The molecule has 0 aromatic heterocycles. The van der Waals surface area contributed by atoms with Gasteiger partial charge in [0.15, 0.2) is 0 Å². The molecule has 0 spiro atoms. The SMILES string of the molecule is c1ccc2c(c1)C(=NCCN1CCCC1)c1ccccc1C1CC21. The fourth-order valence-corrected chi connectivity index (χ4v) is 4.58. The summed E-state index contributed by atoms with van der Waals surface area (Å²) in [6.07, 6.45) is 4.01. The lowest BCUT2D eigenvalue weighted by Crippen LogP contribution is -2.23. The Morgan fingerprint density at radius 3 is 2.04 bits per heavy atom. The number of nitrogens with zero attached hydrogens (tertiary/aromatic N) is 2. The lowest BCUT2D eigenvalue weighted by Gasteiger charge is -2.15. The van der Waals surface area contributed by atoms with Crippen LogP contribution in [0.25, 0.3) is 0 Å². The summed E-state index contributed by atoms with van der Waals surface area (Å²) in [5, 5.41) is 0. The quantitative estimate of drug-likeness (QED) is 0.828. The van der Waals surface area contributed by atoms with Crippen LogP contribution in [0.5, 0.6) is 0 Å². The predicted octanol–water partition coefficient (Wildman–Crippen LogP) is 4.20. The summed E-state index contributed by atoms with van der Waals surface area (Å²) in [7, 11) is 0. The molecule has 1 heterocycles. The summed E-state index contributed by atoms with van der Waals surface area (Å²) in [5.74, 6) is 1.40. The molecule has 0 bridgehead atoms. The van der Waals surface area contributed by atoms with Crippen molar-refractivity contribution in [2.24, 2.45) is 4.99 Å². The summed E-state index contributed by atoms with van der Waals surface area (Å²) in [6, 6.07) is 17.9. The van der Waals surface area contributed by atoms with Crippen LogP contribution in [0.2, 0.25) is 0 Å². The third kappa shape index (κ3) is 2.41. The molecule has 3 aliphatic rings. The Hall–Kier alpha value is -1.93. The zero-order chi connectivity index (χ0) is 15.9. The van der Waals surface area contributed by atoms with E-state index in [1.54, 1.807) is 0 Å². The molecule has 24 heavy (non-hydrogen) atoms. The number of hydrogen-bond donors (Lipinski definition) is 0. The summed E-state index contributed by atoms with van der Waals surface area (Å²) in [6.45, 7) is 4.51. The van der Waals surface area contributed by atoms with Crippen LogP contribution >= 0.6 is 0 Å². The van der Waals surface area contributed by atoms with Crippen LogP contribution in [-0.4, -0.2) is 36.8 Å². The van der Waals surface area contributed by atoms with Gasteiger partial charge in [-0.1, -0.05) is 48.5 Å². The number of benzene rings is 2. The summed E-state index contributed by atoms with van der Waals surface area (Å²) in [4.78, 5) is 7.67. The molecule has 2 heteroatoms. The van der Waals surface area contributed by atoms with Gasteiger partial charge in [0, 0.05) is 17.7 Å². The standard InChI is InChI=1S/C22H24N2/c1-3-9-18-16(7-1)20-15-21(20)17-8-2-4-10-19(17)22(18)23-11-14-24-12-5-6-13-24/h1-4,7-10,20-21H,5-6,11-15H2. The van der Waals surface area contributed by atoms with Crippen LogP contribution in [-0.2, 0) is 0 Å². The highest BCUT2D eigenvalue weighted by Crippen LogP contribution is 2.58. The Morgan fingerprint density at radius 1 is 0.833 bits per heavy atom. The second kappa shape index (κ2) is 5.86. The lowest BCUT2D eigenvalue weighted by atomic mass is 9.95. The number of fused-ring (bicyclic) bond motifs is 5. The predicted molar refractivity (Wildman–Crippen MR) is 99.2 cm³/mol. The summed E-state index contributed by atoms with van der Waals surface area (Å²) < 4.78 is 0. The molecule has 0 amide bonds. The maximum Gasteiger partial charge on any atom is 0.0725 e. The Balaban J connectivity index is 1.54. The average Bonchev–Trinajstić information content (AvgIpc) is 3.27. The largest absolute Gasteiger partial charge is 0.301 e.